The van der Waals surface area contributed by atoms with Crippen molar-refractivity contribution in [3.63, 3.8) is 0 Å². The van der Waals surface area contributed by atoms with E-state index in [1.807, 2.05) is 36.5 Å². The highest BCUT2D eigenvalue weighted by Gasteiger charge is 2.07. The van der Waals surface area contributed by atoms with Crippen molar-refractivity contribution in [2.24, 2.45) is 0 Å². The van der Waals surface area contributed by atoms with Crippen molar-refractivity contribution in [3.05, 3.63) is 96.2 Å². The zero-order valence-electron chi connectivity index (χ0n) is 20.4. The zero-order chi connectivity index (χ0) is 24.9. The summed E-state index contributed by atoms with van der Waals surface area (Å²) < 4.78 is 0. The average molecular weight is 465 g/mol. The summed E-state index contributed by atoms with van der Waals surface area (Å²) in [6, 6.07) is 4.51. The molecule has 0 aliphatic heterocycles. The largest absolute Gasteiger partial charge is 0.504 e. The van der Waals surface area contributed by atoms with E-state index in [-0.39, 0.29) is 17.1 Å². The Hall–Kier alpha value is -3.27. The van der Waals surface area contributed by atoms with Crippen LogP contribution in [0, 0.1) is 0 Å². The first-order valence-electron chi connectivity index (χ1n) is 12.3. The number of carbonyl (C=O) groups is 1. The molecule has 4 nitrogen and oxygen atoms in total. The van der Waals surface area contributed by atoms with Gasteiger partial charge in [-0.15, -0.1) is 0 Å². The quantitative estimate of drug-likeness (QED) is 0.0945. The highest BCUT2D eigenvalue weighted by molar-refractivity contribution is 5.86. The Morgan fingerprint density at radius 2 is 1.35 bits per heavy atom. The Bertz CT molecular complexity index is 885. The van der Waals surface area contributed by atoms with E-state index in [9.17, 15) is 20.1 Å². The number of unbranched alkanes of at least 4 members (excludes halogenated alkanes) is 7. The number of carboxylic acid groups (broad SMARTS) is 1. The minimum Gasteiger partial charge on any atom is -0.504 e. The number of rotatable bonds is 17. The van der Waals surface area contributed by atoms with Gasteiger partial charge in [0.1, 0.15) is 0 Å². The van der Waals surface area contributed by atoms with Gasteiger partial charge < -0.3 is 15.3 Å². The first-order valence-corrected chi connectivity index (χ1v) is 12.3. The lowest BCUT2D eigenvalue weighted by Gasteiger charge is -2.04. The predicted molar refractivity (Wildman–Crippen MR) is 142 cm³/mol. The molecule has 0 saturated carbocycles. The molecule has 0 spiro atoms. The third-order valence-corrected chi connectivity index (χ3v) is 5.29. The molecule has 0 aliphatic rings. The van der Waals surface area contributed by atoms with Crippen LogP contribution < -0.4 is 0 Å². The number of aryl methyl sites for hydroxylation is 1. The molecule has 0 saturated heterocycles. The maximum atomic E-state index is 11.4. The van der Waals surface area contributed by atoms with Gasteiger partial charge in [0.2, 0.25) is 0 Å². The number of hydrogen-bond acceptors (Lipinski definition) is 3. The monoisotopic (exact) mass is 464 g/mol. The molecule has 0 aliphatic carbocycles. The molecule has 0 heterocycles. The smallest absolute Gasteiger partial charge is 0.331 e. The lowest BCUT2D eigenvalue weighted by Crippen LogP contribution is -2.01. The fourth-order valence-corrected chi connectivity index (χ4v) is 3.28. The standard InChI is InChI=1S/C30H40O4/c1-2-3-4-5-6-7-8-9-10-11-12-13-14-15-16-17-18-19-20-27(30(33)34)23-21-26-22-24-28(31)29(32)25-26/h10-20,22,24-25,31-32H,2-9,21,23H2,1H3,(H,33,34). The number of carboxylic acids is 1. The van der Waals surface area contributed by atoms with Crippen LogP contribution in [0.3, 0.4) is 0 Å². The van der Waals surface area contributed by atoms with E-state index in [1.165, 1.54) is 57.1 Å². The average Bonchev–Trinajstić information content (AvgIpc) is 2.82. The maximum absolute atomic E-state index is 11.4. The summed E-state index contributed by atoms with van der Waals surface area (Å²) in [5.74, 6) is -1.36. The molecule has 3 N–H and O–H groups in total. The normalized spacial score (nSPS) is 12.9. The van der Waals surface area contributed by atoms with Crippen LogP contribution in [0.4, 0.5) is 0 Å². The van der Waals surface area contributed by atoms with E-state index in [2.05, 4.69) is 19.1 Å². The van der Waals surface area contributed by atoms with Crippen LogP contribution in [0.25, 0.3) is 0 Å². The van der Waals surface area contributed by atoms with E-state index in [0.29, 0.717) is 12.8 Å². The van der Waals surface area contributed by atoms with Crippen LogP contribution in [-0.4, -0.2) is 21.3 Å². The van der Waals surface area contributed by atoms with Gasteiger partial charge in [0.25, 0.3) is 0 Å². The second-order valence-electron chi connectivity index (χ2n) is 8.20. The molecule has 34 heavy (non-hydrogen) atoms. The van der Waals surface area contributed by atoms with E-state index in [0.717, 1.165) is 12.0 Å². The summed E-state index contributed by atoms with van der Waals surface area (Å²) in [4.78, 5) is 11.4. The van der Waals surface area contributed by atoms with Gasteiger partial charge in [-0.3, -0.25) is 0 Å². The summed E-state index contributed by atoms with van der Waals surface area (Å²) in [6.07, 6.45) is 32.2. The van der Waals surface area contributed by atoms with Crippen molar-refractivity contribution in [2.75, 3.05) is 0 Å². The summed E-state index contributed by atoms with van der Waals surface area (Å²) in [5, 5.41) is 28.2. The molecule has 0 atom stereocenters. The Kier molecular flexibility index (Phi) is 16.3. The Morgan fingerprint density at radius 3 is 1.97 bits per heavy atom. The van der Waals surface area contributed by atoms with Crippen molar-refractivity contribution in [3.8, 4) is 11.5 Å². The molecular weight excluding hydrogens is 424 g/mol. The number of allylic oxidation sites excluding steroid dienone is 11. The first-order chi connectivity index (χ1) is 16.5. The van der Waals surface area contributed by atoms with Gasteiger partial charge in [-0.05, 0) is 43.4 Å². The molecule has 0 unspecified atom stereocenters. The van der Waals surface area contributed by atoms with E-state index >= 15 is 0 Å². The van der Waals surface area contributed by atoms with Crippen LogP contribution >= 0.6 is 0 Å². The number of aliphatic carboxylic acids is 1. The molecule has 0 fully saturated rings. The Balaban J connectivity index is 2.28. The molecule has 0 amide bonds. The van der Waals surface area contributed by atoms with Gasteiger partial charge in [0, 0.05) is 5.57 Å². The van der Waals surface area contributed by atoms with Crippen molar-refractivity contribution in [2.45, 2.75) is 71.1 Å². The lowest BCUT2D eigenvalue weighted by molar-refractivity contribution is -0.132. The predicted octanol–water partition coefficient (Wildman–Crippen LogP) is 7.96. The maximum Gasteiger partial charge on any atom is 0.331 e. The van der Waals surface area contributed by atoms with Gasteiger partial charge in [-0.25, -0.2) is 4.79 Å². The fraction of sp³-hybridized carbons (Fsp3) is 0.367. The van der Waals surface area contributed by atoms with Crippen LogP contribution in [-0.2, 0) is 11.2 Å². The molecule has 0 radical (unpaired) electrons. The van der Waals surface area contributed by atoms with Crippen molar-refractivity contribution in [1.29, 1.82) is 0 Å². The SMILES string of the molecule is CCCCCCCCCC=CC=CC=CC=CC=CC=C(CCc1ccc(O)c(O)c1)C(=O)O. The number of benzene rings is 1. The summed E-state index contributed by atoms with van der Waals surface area (Å²) >= 11 is 0. The Morgan fingerprint density at radius 1 is 0.765 bits per heavy atom. The topological polar surface area (TPSA) is 77.8 Å². The van der Waals surface area contributed by atoms with Crippen LogP contribution in [0.1, 0.15) is 70.3 Å². The van der Waals surface area contributed by atoms with E-state index in [4.69, 9.17) is 0 Å². The van der Waals surface area contributed by atoms with Crippen LogP contribution in [0.5, 0.6) is 11.5 Å². The van der Waals surface area contributed by atoms with Gasteiger partial charge in [-0.1, -0.05) is 118 Å². The molecule has 1 aromatic carbocycles. The summed E-state index contributed by atoms with van der Waals surface area (Å²) in [6.45, 7) is 2.25. The molecule has 1 aromatic rings. The third-order valence-electron chi connectivity index (χ3n) is 5.29. The minimum absolute atomic E-state index is 0.188. The fourth-order valence-electron chi connectivity index (χ4n) is 3.28. The minimum atomic E-state index is -0.971. The van der Waals surface area contributed by atoms with E-state index in [1.54, 1.807) is 24.3 Å². The summed E-state index contributed by atoms with van der Waals surface area (Å²) in [7, 11) is 0. The van der Waals surface area contributed by atoms with Gasteiger partial charge in [-0.2, -0.15) is 0 Å². The highest BCUT2D eigenvalue weighted by atomic mass is 16.4. The molecule has 184 valence electrons. The molecule has 0 bridgehead atoms. The number of hydrogen-bond donors (Lipinski definition) is 3. The van der Waals surface area contributed by atoms with E-state index < -0.39 is 5.97 Å². The third kappa shape index (κ3) is 14.7. The number of phenols is 2. The van der Waals surface area contributed by atoms with Gasteiger partial charge >= 0.3 is 5.97 Å². The zero-order valence-corrected chi connectivity index (χ0v) is 20.4. The second-order valence-corrected chi connectivity index (χ2v) is 8.20. The van der Waals surface area contributed by atoms with Gasteiger partial charge in [0.05, 0.1) is 0 Å². The number of aromatic hydroxyl groups is 2. The van der Waals surface area contributed by atoms with Crippen molar-refractivity contribution >= 4 is 5.97 Å². The van der Waals surface area contributed by atoms with Gasteiger partial charge in [0.15, 0.2) is 11.5 Å². The molecule has 0 aromatic heterocycles. The number of phenolic OH excluding ortho intramolecular Hbond substituents is 2. The Labute approximate surface area is 205 Å². The lowest BCUT2D eigenvalue weighted by atomic mass is 10.0. The second kappa shape index (κ2) is 19.2. The molecular formula is C30H40O4. The van der Waals surface area contributed by atoms with Crippen LogP contribution in [0.15, 0.2) is 90.6 Å². The molecule has 1 rings (SSSR count). The van der Waals surface area contributed by atoms with Crippen molar-refractivity contribution in [1.82, 2.24) is 0 Å². The first kappa shape index (κ1) is 28.8. The molecule has 4 heteroatoms. The van der Waals surface area contributed by atoms with Crippen molar-refractivity contribution < 1.29 is 20.1 Å². The van der Waals surface area contributed by atoms with Crippen LogP contribution in [0.2, 0.25) is 0 Å². The summed E-state index contributed by atoms with van der Waals surface area (Å²) in [5.41, 5.74) is 1.04. The highest BCUT2D eigenvalue weighted by Crippen LogP contribution is 2.25.